The summed E-state index contributed by atoms with van der Waals surface area (Å²) in [7, 11) is 1.45. The fourth-order valence-corrected chi connectivity index (χ4v) is 3.35. The normalized spacial score (nSPS) is 13.6. The lowest BCUT2D eigenvalue weighted by Gasteiger charge is -2.09. The lowest BCUT2D eigenvalue weighted by atomic mass is 10.1. The van der Waals surface area contributed by atoms with Gasteiger partial charge in [0, 0.05) is 22.5 Å². The topological polar surface area (TPSA) is 61.9 Å². The van der Waals surface area contributed by atoms with Gasteiger partial charge in [0.25, 0.3) is 0 Å². The second-order valence-electron chi connectivity index (χ2n) is 5.40. The Kier molecular flexibility index (Phi) is 3.03. The average molecular weight is 424 g/mol. The fraction of sp³-hybridized carbons (Fsp3) is 0.118. The second kappa shape index (κ2) is 5.87. The average Bonchev–Trinajstić information content (AvgIpc) is 2.94. The number of nitrogens with zero attached hydrogens (tertiary/aromatic N) is 4. The zero-order valence-corrected chi connectivity index (χ0v) is 14.7. The highest BCUT2D eigenvalue weighted by Gasteiger charge is 2.22. The number of halogens is 3. The minimum atomic E-state index is -2.90. The van der Waals surface area contributed by atoms with Crippen LogP contribution in [0.4, 0.5) is 8.78 Å². The number of benzene rings is 1. The molecule has 3 aromatic heterocycles. The van der Waals surface area contributed by atoms with Gasteiger partial charge in [0.2, 0.25) is 0 Å². The highest BCUT2D eigenvalue weighted by Crippen LogP contribution is 2.34. The molecule has 0 aliphatic carbocycles. The highest BCUT2D eigenvalue weighted by atomic mass is 79.9. The first-order valence-electron chi connectivity index (χ1n) is 8.74. The number of pyridine rings is 2. The second-order valence-corrected chi connectivity index (χ2v) is 6.26. The number of hydrogen-bond acceptors (Lipinski definition) is 4. The largest absolute Gasteiger partial charge is 0.495 e. The molecule has 0 unspecified atom stereocenters. The molecule has 0 saturated carbocycles. The predicted molar refractivity (Wildman–Crippen MR) is 95.8 cm³/mol. The summed E-state index contributed by atoms with van der Waals surface area (Å²) in [5, 5.41) is 0.297. The van der Waals surface area contributed by atoms with Crippen molar-refractivity contribution in [2.75, 3.05) is 7.11 Å². The molecular weight excluding hydrogens is 410 g/mol. The van der Waals surface area contributed by atoms with E-state index in [4.69, 9.17) is 8.85 Å². The molecule has 0 aliphatic heterocycles. The number of aromatic nitrogens is 4. The van der Waals surface area contributed by atoms with Crippen LogP contribution in [0.25, 0.3) is 27.6 Å². The maximum Gasteiger partial charge on any atom is 0.333 e. The quantitative estimate of drug-likeness (QED) is 0.496. The highest BCUT2D eigenvalue weighted by molar-refractivity contribution is 9.10. The van der Waals surface area contributed by atoms with E-state index in [1.165, 1.54) is 13.3 Å². The number of imidazole rings is 1. The van der Waals surface area contributed by atoms with Gasteiger partial charge in [-0.1, -0.05) is 0 Å². The third-order valence-electron chi connectivity index (χ3n) is 3.99. The Morgan fingerprint density at radius 1 is 1.23 bits per heavy atom. The molecule has 0 radical (unpaired) electrons. The molecule has 4 rings (SSSR count). The van der Waals surface area contributed by atoms with E-state index >= 15 is 0 Å². The van der Waals surface area contributed by atoms with Crippen molar-refractivity contribution in [2.45, 2.75) is 0 Å². The number of aryl methyl sites for hydroxylation is 1. The van der Waals surface area contributed by atoms with E-state index in [9.17, 15) is 13.6 Å². The number of fused-ring (bicyclic) bond motifs is 3. The van der Waals surface area contributed by atoms with Gasteiger partial charge in [-0.05, 0) is 22.0 Å². The molecule has 0 saturated heterocycles. The SMILES string of the molecule is [2H]C([2H])([2H])n1c(=O)n(-c2c(F)cncc2F)c2c3cc(Br)c(OC)cc3ncc21. The fourth-order valence-electron chi connectivity index (χ4n) is 2.85. The Balaban J connectivity index is 2.30. The summed E-state index contributed by atoms with van der Waals surface area (Å²) in [6, 6.07) is 3.10. The molecule has 0 spiro atoms. The van der Waals surface area contributed by atoms with Gasteiger partial charge >= 0.3 is 5.69 Å². The smallest absolute Gasteiger partial charge is 0.333 e. The summed E-state index contributed by atoms with van der Waals surface area (Å²) in [6.07, 6.45) is 2.66. The van der Waals surface area contributed by atoms with Gasteiger partial charge in [-0.15, -0.1) is 0 Å². The van der Waals surface area contributed by atoms with E-state index in [2.05, 4.69) is 25.9 Å². The van der Waals surface area contributed by atoms with Crippen LogP contribution in [0.1, 0.15) is 4.11 Å². The number of rotatable bonds is 2. The van der Waals surface area contributed by atoms with Gasteiger partial charge < -0.3 is 4.74 Å². The minimum Gasteiger partial charge on any atom is -0.495 e. The molecule has 3 heterocycles. The first kappa shape index (κ1) is 13.4. The monoisotopic (exact) mass is 423 g/mol. The molecule has 6 nitrogen and oxygen atoms in total. The van der Waals surface area contributed by atoms with Crippen LogP contribution in [0.5, 0.6) is 5.75 Å². The standard InChI is InChI=1S/C17H11BrF2N4O2/c1-23-13-7-22-12-4-14(26-2)9(18)3-8(12)15(13)24(17(23)25)16-10(19)5-21-6-11(16)20/h3-7H,1-2H3/i1D3. The van der Waals surface area contributed by atoms with E-state index in [-0.39, 0.29) is 11.0 Å². The molecule has 0 aliphatic rings. The lowest BCUT2D eigenvalue weighted by Crippen LogP contribution is -2.22. The molecule has 9 heteroatoms. The van der Waals surface area contributed by atoms with Crippen LogP contribution in [0, 0.1) is 11.6 Å². The molecular formula is C17H11BrF2N4O2. The summed E-state index contributed by atoms with van der Waals surface area (Å²) in [4.78, 5) is 20.7. The van der Waals surface area contributed by atoms with Gasteiger partial charge in [0.15, 0.2) is 11.6 Å². The van der Waals surface area contributed by atoms with Crippen molar-refractivity contribution in [1.29, 1.82) is 0 Å². The first-order valence-corrected chi connectivity index (χ1v) is 8.04. The van der Waals surface area contributed by atoms with Crippen molar-refractivity contribution in [1.82, 2.24) is 19.1 Å². The number of hydrogen-bond donors (Lipinski definition) is 0. The van der Waals surface area contributed by atoms with Crippen LogP contribution in [0.2, 0.25) is 0 Å². The van der Waals surface area contributed by atoms with Gasteiger partial charge in [0.05, 0.1) is 46.7 Å². The lowest BCUT2D eigenvalue weighted by molar-refractivity contribution is 0.412. The van der Waals surface area contributed by atoms with Crippen molar-refractivity contribution in [3.05, 3.63) is 57.3 Å². The number of methoxy groups -OCH3 is 1. The van der Waals surface area contributed by atoms with Crippen molar-refractivity contribution in [3.63, 3.8) is 0 Å². The van der Waals surface area contributed by atoms with E-state index in [0.717, 1.165) is 12.4 Å². The van der Waals surface area contributed by atoms with E-state index in [1.54, 1.807) is 12.1 Å². The Morgan fingerprint density at radius 3 is 2.62 bits per heavy atom. The predicted octanol–water partition coefficient (Wildman–Crippen LogP) is 3.32. The van der Waals surface area contributed by atoms with Crippen molar-refractivity contribution in [2.24, 2.45) is 6.98 Å². The summed E-state index contributed by atoms with van der Waals surface area (Å²) in [5.74, 6) is -1.79. The summed E-state index contributed by atoms with van der Waals surface area (Å²) < 4.78 is 59.0. The minimum absolute atomic E-state index is 0.0107. The number of ether oxygens (including phenoxy) is 1. The van der Waals surface area contributed by atoms with Crippen molar-refractivity contribution < 1.29 is 17.6 Å². The summed E-state index contributed by atoms with van der Waals surface area (Å²) in [6.45, 7) is -2.90. The molecule has 0 amide bonds. The van der Waals surface area contributed by atoms with Crippen LogP contribution in [-0.4, -0.2) is 26.2 Å². The van der Waals surface area contributed by atoms with E-state index in [0.29, 0.717) is 30.3 Å². The third kappa shape index (κ3) is 2.23. The summed E-state index contributed by atoms with van der Waals surface area (Å²) in [5.41, 5.74) is -1.63. The molecule has 0 N–H and O–H groups in total. The zero-order valence-electron chi connectivity index (χ0n) is 16.1. The molecule has 4 aromatic rings. The van der Waals surface area contributed by atoms with Crippen LogP contribution < -0.4 is 10.4 Å². The van der Waals surface area contributed by atoms with Crippen LogP contribution in [-0.2, 0) is 6.98 Å². The van der Waals surface area contributed by atoms with Crippen molar-refractivity contribution >= 4 is 37.9 Å². The van der Waals surface area contributed by atoms with Crippen LogP contribution in [0.3, 0.4) is 0 Å². The van der Waals surface area contributed by atoms with Gasteiger partial charge in [-0.2, -0.15) is 0 Å². The first-order chi connectivity index (χ1) is 13.6. The molecule has 26 heavy (non-hydrogen) atoms. The molecule has 0 atom stereocenters. The van der Waals surface area contributed by atoms with Gasteiger partial charge in [0.1, 0.15) is 11.4 Å². The molecule has 132 valence electrons. The third-order valence-corrected chi connectivity index (χ3v) is 4.61. The van der Waals surface area contributed by atoms with Gasteiger partial charge in [-0.25, -0.2) is 13.6 Å². The maximum absolute atomic E-state index is 14.5. The summed E-state index contributed by atoms with van der Waals surface area (Å²) >= 11 is 3.32. The molecule has 0 bridgehead atoms. The Morgan fingerprint density at radius 2 is 1.96 bits per heavy atom. The van der Waals surface area contributed by atoms with Crippen LogP contribution >= 0.6 is 15.9 Å². The Bertz CT molecular complexity index is 1330. The van der Waals surface area contributed by atoms with Gasteiger partial charge in [-0.3, -0.25) is 19.1 Å². The molecule has 0 fully saturated rings. The Hall–Kier alpha value is -2.81. The zero-order chi connectivity index (χ0) is 21.1. The van der Waals surface area contributed by atoms with Crippen molar-refractivity contribution in [3.8, 4) is 11.4 Å². The van der Waals surface area contributed by atoms with Crippen LogP contribution in [0.15, 0.2) is 40.0 Å². The maximum atomic E-state index is 14.5. The van der Waals surface area contributed by atoms with E-state index < -0.39 is 30.0 Å². The molecule has 1 aromatic carbocycles. The van der Waals surface area contributed by atoms with E-state index in [1.807, 2.05) is 0 Å². The Labute approximate surface area is 158 Å².